The molecule has 1 aromatic heterocycles. The highest BCUT2D eigenvalue weighted by molar-refractivity contribution is 5.91. The van der Waals surface area contributed by atoms with Gasteiger partial charge in [0, 0.05) is 29.9 Å². The van der Waals surface area contributed by atoms with Gasteiger partial charge in [0.05, 0.1) is 5.52 Å². The van der Waals surface area contributed by atoms with E-state index in [0.29, 0.717) is 22.3 Å². The van der Waals surface area contributed by atoms with Crippen molar-refractivity contribution >= 4 is 22.5 Å². The number of hydrogen-bond acceptors (Lipinski definition) is 4. The van der Waals surface area contributed by atoms with Crippen LogP contribution in [0, 0.1) is 5.82 Å². The summed E-state index contributed by atoms with van der Waals surface area (Å²) in [4.78, 5) is 15.7. The van der Waals surface area contributed by atoms with Gasteiger partial charge in [-0.25, -0.2) is 4.39 Å². The molecule has 6 heteroatoms. The van der Waals surface area contributed by atoms with E-state index < -0.39 is 0 Å². The summed E-state index contributed by atoms with van der Waals surface area (Å²) >= 11 is 0. The average Bonchev–Trinajstić information content (AvgIpc) is 2.63. The molecule has 0 atom stereocenters. The van der Waals surface area contributed by atoms with Crippen LogP contribution >= 0.6 is 0 Å². The van der Waals surface area contributed by atoms with Crippen LogP contribution in [0.15, 0.2) is 54.7 Å². The van der Waals surface area contributed by atoms with Crippen LogP contribution in [0.4, 0.5) is 10.1 Å². The Hall–Kier alpha value is -2.99. The maximum absolute atomic E-state index is 13.8. The van der Waals surface area contributed by atoms with Crippen molar-refractivity contribution in [2.45, 2.75) is 6.61 Å². The SMILES string of the molecule is COCC(=O)Nc1ccc(OCc2ccc(F)c3cccnc23)cc1. The highest BCUT2D eigenvalue weighted by Crippen LogP contribution is 2.22. The Bertz CT molecular complexity index is 881. The van der Waals surface area contributed by atoms with Crippen molar-refractivity contribution < 1.29 is 18.7 Å². The molecule has 0 radical (unpaired) electrons. The number of anilines is 1. The van der Waals surface area contributed by atoms with Gasteiger partial charge in [-0.05, 0) is 42.5 Å². The topological polar surface area (TPSA) is 60.5 Å². The third-order valence-electron chi connectivity index (χ3n) is 3.61. The van der Waals surface area contributed by atoms with Crippen molar-refractivity contribution in [3.8, 4) is 5.75 Å². The standard InChI is InChI=1S/C19H17FN2O3/c1-24-12-18(23)22-14-5-7-15(8-6-14)25-11-13-4-9-17(20)16-3-2-10-21-19(13)16/h2-10H,11-12H2,1H3,(H,22,23). The number of nitrogens with zero attached hydrogens (tertiary/aromatic N) is 1. The zero-order valence-electron chi connectivity index (χ0n) is 13.7. The van der Waals surface area contributed by atoms with E-state index in [9.17, 15) is 9.18 Å². The molecule has 0 bridgehead atoms. The fourth-order valence-electron chi connectivity index (χ4n) is 2.44. The number of benzene rings is 2. The van der Waals surface area contributed by atoms with Gasteiger partial charge < -0.3 is 14.8 Å². The largest absolute Gasteiger partial charge is 0.489 e. The van der Waals surface area contributed by atoms with Gasteiger partial charge in [0.1, 0.15) is 24.8 Å². The molecule has 0 unspecified atom stereocenters. The molecule has 2 aromatic carbocycles. The predicted octanol–water partition coefficient (Wildman–Crippen LogP) is 3.54. The van der Waals surface area contributed by atoms with Gasteiger partial charge in [-0.2, -0.15) is 0 Å². The Morgan fingerprint density at radius 1 is 1.16 bits per heavy atom. The van der Waals surface area contributed by atoms with E-state index in [0.717, 1.165) is 5.56 Å². The number of fused-ring (bicyclic) bond motifs is 1. The number of halogens is 1. The minimum Gasteiger partial charge on any atom is -0.489 e. The van der Waals surface area contributed by atoms with Crippen LogP contribution in [0.1, 0.15) is 5.56 Å². The van der Waals surface area contributed by atoms with E-state index in [1.807, 2.05) is 0 Å². The number of nitrogens with one attached hydrogen (secondary N) is 1. The molecule has 1 heterocycles. The molecular formula is C19H17FN2O3. The Morgan fingerprint density at radius 3 is 2.72 bits per heavy atom. The summed E-state index contributed by atoms with van der Waals surface area (Å²) in [6.45, 7) is 0.270. The highest BCUT2D eigenvalue weighted by atomic mass is 19.1. The summed E-state index contributed by atoms with van der Waals surface area (Å²) in [6.07, 6.45) is 1.63. The van der Waals surface area contributed by atoms with E-state index in [1.54, 1.807) is 48.7 Å². The van der Waals surface area contributed by atoms with Crippen LogP contribution < -0.4 is 10.1 Å². The second kappa shape index (κ2) is 7.72. The minimum atomic E-state index is -0.303. The van der Waals surface area contributed by atoms with Crippen molar-refractivity contribution in [1.29, 1.82) is 0 Å². The number of aromatic nitrogens is 1. The maximum atomic E-state index is 13.8. The lowest BCUT2D eigenvalue weighted by Crippen LogP contribution is -2.16. The summed E-state index contributed by atoms with van der Waals surface area (Å²) in [5.74, 6) is 0.112. The first-order chi connectivity index (χ1) is 12.2. The summed E-state index contributed by atoms with van der Waals surface area (Å²) in [6, 6.07) is 13.5. The third kappa shape index (κ3) is 4.10. The third-order valence-corrected chi connectivity index (χ3v) is 3.61. The lowest BCUT2D eigenvalue weighted by atomic mass is 10.1. The number of methoxy groups -OCH3 is 1. The molecule has 0 aliphatic carbocycles. The molecule has 0 aliphatic rings. The molecule has 0 saturated heterocycles. The number of ether oxygens (including phenoxy) is 2. The molecule has 1 N–H and O–H groups in total. The molecule has 0 aliphatic heterocycles. The molecule has 5 nitrogen and oxygen atoms in total. The van der Waals surface area contributed by atoms with Gasteiger partial charge >= 0.3 is 0 Å². The van der Waals surface area contributed by atoms with Crippen LogP contribution in [-0.2, 0) is 16.1 Å². The zero-order valence-corrected chi connectivity index (χ0v) is 13.7. The van der Waals surface area contributed by atoms with Crippen molar-refractivity contribution in [2.75, 3.05) is 19.0 Å². The highest BCUT2D eigenvalue weighted by Gasteiger charge is 2.08. The van der Waals surface area contributed by atoms with Crippen molar-refractivity contribution in [2.24, 2.45) is 0 Å². The molecule has 1 amide bonds. The van der Waals surface area contributed by atoms with E-state index in [4.69, 9.17) is 9.47 Å². The first-order valence-corrected chi connectivity index (χ1v) is 7.71. The summed E-state index contributed by atoms with van der Waals surface area (Å²) in [7, 11) is 1.46. The second-order valence-corrected chi connectivity index (χ2v) is 5.40. The van der Waals surface area contributed by atoms with E-state index in [-0.39, 0.29) is 24.9 Å². The number of hydrogen-bond donors (Lipinski definition) is 1. The monoisotopic (exact) mass is 340 g/mol. The predicted molar refractivity (Wildman–Crippen MR) is 93.0 cm³/mol. The van der Waals surface area contributed by atoms with E-state index >= 15 is 0 Å². The number of pyridine rings is 1. The van der Waals surface area contributed by atoms with Crippen LogP contribution in [0.25, 0.3) is 10.9 Å². The molecular weight excluding hydrogens is 323 g/mol. The average molecular weight is 340 g/mol. The Kier molecular flexibility index (Phi) is 5.20. The fourth-order valence-corrected chi connectivity index (χ4v) is 2.44. The number of rotatable bonds is 6. The minimum absolute atomic E-state index is 0.00287. The van der Waals surface area contributed by atoms with Gasteiger partial charge in [0.15, 0.2) is 0 Å². The Balaban J connectivity index is 1.68. The second-order valence-electron chi connectivity index (χ2n) is 5.40. The smallest absolute Gasteiger partial charge is 0.250 e. The number of carbonyl (C=O) groups excluding carboxylic acids is 1. The fraction of sp³-hybridized carbons (Fsp3) is 0.158. The van der Waals surface area contributed by atoms with Crippen molar-refractivity contribution in [1.82, 2.24) is 4.98 Å². The van der Waals surface area contributed by atoms with Gasteiger partial charge in [-0.3, -0.25) is 9.78 Å². The van der Waals surface area contributed by atoms with Crippen molar-refractivity contribution in [3.05, 3.63) is 66.1 Å². The number of carbonyl (C=O) groups is 1. The molecule has 0 spiro atoms. The van der Waals surface area contributed by atoms with Crippen LogP contribution in [0.2, 0.25) is 0 Å². The molecule has 3 aromatic rings. The maximum Gasteiger partial charge on any atom is 0.250 e. The normalized spacial score (nSPS) is 10.6. The first kappa shape index (κ1) is 16.9. The van der Waals surface area contributed by atoms with Crippen LogP contribution in [-0.4, -0.2) is 24.6 Å². The summed E-state index contributed by atoms with van der Waals surface area (Å²) in [5, 5.41) is 3.18. The lowest BCUT2D eigenvalue weighted by Gasteiger charge is -2.10. The van der Waals surface area contributed by atoms with E-state index in [2.05, 4.69) is 10.3 Å². The number of amides is 1. The first-order valence-electron chi connectivity index (χ1n) is 7.71. The van der Waals surface area contributed by atoms with Gasteiger partial charge in [-0.15, -0.1) is 0 Å². The molecule has 0 saturated carbocycles. The van der Waals surface area contributed by atoms with Gasteiger partial charge in [0.2, 0.25) is 5.91 Å². The van der Waals surface area contributed by atoms with E-state index in [1.165, 1.54) is 13.2 Å². The van der Waals surface area contributed by atoms with Crippen molar-refractivity contribution in [3.63, 3.8) is 0 Å². The molecule has 0 fully saturated rings. The lowest BCUT2D eigenvalue weighted by molar-refractivity contribution is -0.119. The molecule has 128 valence electrons. The quantitative estimate of drug-likeness (QED) is 0.746. The summed E-state index contributed by atoms with van der Waals surface area (Å²) in [5.41, 5.74) is 2.05. The Labute approximate surface area is 144 Å². The van der Waals surface area contributed by atoms with Crippen LogP contribution in [0.5, 0.6) is 5.75 Å². The zero-order chi connectivity index (χ0) is 17.6. The summed E-state index contributed by atoms with van der Waals surface area (Å²) < 4.78 is 24.3. The van der Waals surface area contributed by atoms with Crippen LogP contribution in [0.3, 0.4) is 0 Å². The Morgan fingerprint density at radius 2 is 1.96 bits per heavy atom. The molecule has 3 rings (SSSR count). The van der Waals surface area contributed by atoms with Gasteiger partial charge in [-0.1, -0.05) is 6.07 Å². The molecule has 25 heavy (non-hydrogen) atoms. The van der Waals surface area contributed by atoms with Gasteiger partial charge in [0.25, 0.3) is 0 Å².